The molecular weight excluding hydrogens is 244 g/mol. The molecule has 1 fully saturated rings. The van der Waals surface area contributed by atoms with E-state index in [1.54, 1.807) is 4.57 Å². The highest BCUT2D eigenvalue weighted by Crippen LogP contribution is 2.21. The first kappa shape index (κ1) is 12.2. The molecule has 1 aromatic heterocycles. The van der Waals surface area contributed by atoms with Crippen LogP contribution in [0, 0.1) is 0 Å². The second-order valence-electron chi connectivity index (χ2n) is 4.84. The zero-order valence-electron chi connectivity index (χ0n) is 10.6. The Balaban J connectivity index is 1.98. The number of aliphatic carboxylic acids is 1. The van der Waals surface area contributed by atoms with Crippen LogP contribution in [0.5, 0.6) is 0 Å². The minimum atomic E-state index is -0.850. The van der Waals surface area contributed by atoms with Crippen LogP contribution < -0.4 is 0 Å². The number of ether oxygens (including phenoxy) is 1. The molecule has 1 aromatic carbocycles. The lowest BCUT2D eigenvalue weighted by atomic mass is 10.2. The van der Waals surface area contributed by atoms with E-state index >= 15 is 0 Å². The van der Waals surface area contributed by atoms with Crippen molar-refractivity contribution in [2.24, 2.45) is 0 Å². The third-order valence-corrected chi connectivity index (χ3v) is 3.46. The number of nitrogens with zero attached hydrogens (tertiary/aromatic N) is 2. The molecule has 100 valence electrons. The molecule has 1 aliphatic rings. The van der Waals surface area contributed by atoms with E-state index in [2.05, 4.69) is 4.98 Å². The molecule has 2 heterocycles. The Morgan fingerprint density at radius 3 is 3.05 bits per heavy atom. The number of carboxylic acids is 1. The quantitative estimate of drug-likeness (QED) is 0.911. The van der Waals surface area contributed by atoms with Gasteiger partial charge < -0.3 is 14.4 Å². The standard InChI is InChI=1S/C14H16N2O3/c17-14(18)9-16-12-6-2-1-5-11(12)15-13(16)8-10-4-3-7-19-10/h1-2,5-6,10H,3-4,7-9H2,(H,17,18). The summed E-state index contributed by atoms with van der Waals surface area (Å²) in [6.45, 7) is 0.742. The summed E-state index contributed by atoms with van der Waals surface area (Å²) >= 11 is 0. The maximum atomic E-state index is 11.0. The zero-order valence-corrected chi connectivity index (χ0v) is 10.6. The van der Waals surface area contributed by atoms with Gasteiger partial charge >= 0.3 is 5.97 Å². The summed E-state index contributed by atoms with van der Waals surface area (Å²) < 4.78 is 7.39. The maximum absolute atomic E-state index is 11.0. The van der Waals surface area contributed by atoms with Crippen LogP contribution in [-0.4, -0.2) is 33.3 Å². The van der Waals surface area contributed by atoms with Crippen LogP contribution in [0.25, 0.3) is 11.0 Å². The SMILES string of the molecule is O=C(O)Cn1c(CC2CCCO2)nc2ccccc21. The van der Waals surface area contributed by atoms with E-state index in [9.17, 15) is 4.79 Å². The number of aromatic nitrogens is 2. The van der Waals surface area contributed by atoms with E-state index in [4.69, 9.17) is 9.84 Å². The third kappa shape index (κ3) is 2.46. The second kappa shape index (κ2) is 5.01. The van der Waals surface area contributed by atoms with Crippen LogP contribution >= 0.6 is 0 Å². The van der Waals surface area contributed by atoms with E-state index in [-0.39, 0.29) is 12.6 Å². The highest BCUT2D eigenvalue weighted by atomic mass is 16.5. The molecule has 0 radical (unpaired) electrons. The van der Waals surface area contributed by atoms with Crippen molar-refractivity contribution in [2.75, 3.05) is 6.61 Å². The average molecular weight is 260 g/mol. The van der Waals surface area contributed by atoms with Crippen LogP contribution in [0.1, 0.15) is 18.7 Å². The Hall–Kier alpha value is -1.88. The predicted molar refractivity (Wildman–Crippen MR) is 70.0 cm³/mol. The summed E-state index contributed by atoms with van der Waals surface area (Å²) in [4.78, 5) is 15.6. The summed E-state index contributed by atoms with van der Waals surface area (Å²) in [6.07, 6.45) is 2.95. The normalized spacial score (nSPS) is 19.1. The monoisotopic (exact) mass is 260 g/mol. The number of imidazole rings is 1. The van der Waals surface area contributed by atoms with E-state index in [1.807, 2.05) is 24.3 Å². The molecule has 1 N–H and O–H groups in total. The minimum Gasteiger partial charge on any atom is -0.480 e. The summed E-state index contributed by atoms with van der Waals surface area (Å²) in [5.74, 6) is -0.0488. The van der Waals surface area contributed by atoms with Crippen molar-refractivity contribution in [3.8, 4) is 0 Å². The van der Waals surface area contributed by atoms with Crippen molar-refractivity contribution in [2.45, 2.75) is 31.9 Å². The second-order valence-corrected chi connectivity index (χ2v) is 4.84. The van der Waals surface area contributed by atoms with Gasteiger partial charge in [0.1, 0.15) is 12.4 Å². The largest absolute Gasteiger partial charge is 0.480 e. The van der Waals surface area contributed by atoms with Crippen molar-refractivity contribution >= 4 is 17.0 Å². The van der Waals surface area contributed by atoms with Gasteiger partial charge in [0.15, 0.2) is 0 Å². The first-order valence-corrected chi connectivity index (χ1v) is 6.51. The van der Waals surface area contributed by atoms with Gasteiger partial charge in [-0.15, -0.1) is 0 Å². The van der Waals surface area contributed by atoms with Gasteiger partial charge in [-0.05, 0) is 25.0 Å². The summed E-state index contributed by atoms with van der Waals surface area (Å²) in [6, 6.07) is 7.63. The predicted octanol–water partition coefficient (Wildman–Crippen LogP) is 1.84. The zero-order chi connectivity index (χ0) is 13.2. The van der Waals surface area contributed by atoms with Crippen molar-refractivity contribution in [3.63, 3.8) is 0 Å². The van der Waals surface area contributed by atoms with Crippen molar-refractivity contribution in [1.29, 1.82) is 0 Å². The topological polar surface area (TPSA) is 64.3 Å². The van der Waals surface area contributed by atoms with Crippen LogP contribution in [0.2, 0.25) is 0 Å². The fourth-order valence-corrected chi connectivity index (χ4v) is 2.60. The van der Waals surface area contributed by atoms with Gasteiger partial charge in [-0.25, -0.2) is 4.98 Å². The fraction of sp³-hybridized carbons (Fsp3) is 0.429. The fourth-order valence-electron chi connectivity index (χ4n) is 2.60. The Morgan fingerprint density at radius 1 is 1.47 bits per heavy atom. The summed E-state index contributed by atoms with van der Waals surface area (Å²) in [7, 11) is 0. The highest BCUT2D eigenvalue weighted by Gasteiger charge is 2.20. The lowest BCUT2D eigenvalue weighted by Gasteiger charge is -2.10. The Morgan fingerprint density at radius 2 is 2.32 bits per heavy atom. The minimum absolute atomic E-state index is 0.0530. The van der Waals surface area contributed by atoms with Crippen molar-refractivity contribution < 1.29 is 14.6 Å². The molecule has 0 spiro atoms. The van der Waals surface area contributed by atoms with E-state index < -0.39 is 5.97 Å². The van der Waals surface area contributed by atoms with Gasteiger partial charge in [0.05, 0.1) is 17.1 Å². The Labute approximate surface area is 110 Å². The highest BCUT2D eigenvalue weighted by molar-refractivity contribution is 5.78. The molecule has 0 bridgehead atoms. The number of fused-ring (bicyclic) bond motifs is 1. The third-order valence-electron chi connectivity index (χ3n) is 3.46. The van der Waals surface area contributed by atoms with E-state index in [0.29, 0.717) is 6.42 Å². The van der Waals surface area contributed by atoms with Crippen LogP contribution in [0.3, 0.4) is 0 Å². The van der Waals surface area contributed by atoms with Crippen LogP contribution in [0.4, 0.5) is 0 Å². The molecule has 5 heteroatoms. The molecule has 1 aliphatic heterocycles. The van der Waals surface area contributed by atoms with E-state index in [1.165, 1.54) is 0 Å². The van der Waals surface area contributed by atoms with Crippen molar-refractivity contribution in [3.05, 3.63) is 30.1 Å². The Kier molecular flexibility index (Phi) is 3.21. The molecule has 1 saturated heterocycles. The lowest BCUT2D eigenvalue weighted by Crippen LogP contribution is -2.17. The number of carbonyl (C=O) groups is 1. The van der Waals surface area contributed by atoms with Gasteiger partial charge in [-0.1, -0.05) is 12.1 Å². The number of para-hydroxylation sites is 2. The molecule has 0 saturated carbocycles. The van der Waals surface area contributed by atoms with Gasteiger partial charge in [-0.3, -0.25) is 4.79 Å². The number of hydrogen-bond donors (Lipinski definition) is 1. The average Bonchev–Trinajstić information content (AvgIpc) is 2.99. The Bertz CT molecular complexity index is 600. The molecule has 0 amide bonds. The van der Waals surface area contributed by atoms with Gasteiger partial charge in [0, 0.05) is 13.0 Å². The number of benzene rings is 1. The molecule has 0 aliphatic carbocycles. The maximum Gasteiger partial charge on any atom is 0.323 e. The van der Waals surface area contributed by atoms with Crippen LogP contribution in [0.15, 0.2) is 24.3 Å². The van der Waals surface area contributed by atoms with Gasteiger partial charge in [-0.2, -0.15) is 0 Å². The van der Waals surface area contributed by atoms with Crippen LogP contribution in [-0.2, 0) is 22.5 Å². The molecule has 1 atom stereocenters. The molecule has 3 rings (SSSR count). The number of carboxylic acid groups (broad SMARTS) is 1. The number of hydrogen-bond acceptors (Lipinski definition) is 3. The van der Waals surface area contributed by atoms with E-state index in [0.717, 1.165) is 36.3 Å². The van der Waals surface area contributed by atoms with Gasteiger partial charge in [0.25, 0.3) is 0 Å². The molecule has 2 aromatic rings. The first-order valence-electron chi connectivity index (χ1n) is 6.51. The smallest absolute Gasteiger partial charge is 0.323 e. The number of rotatable bonds is 4. The van der Waals surface area contributed by atoms with Crippen molar-refractivity contribution in [1.82, 2.24) is 9.55 Å². The summed E-state index contributed by atoms with van der Waals surface area (Å²) in [5, 5.41) is 9.05. The molecular formula is C14H16N2O3. The van der Waals surface area contributed by atoms with Gasteiger partial charge in [0.2, 0.25) is 0 Å². The molecule has 1 unspecified atom stereocenters. The lowest BCUT2D eigenvalue weighted by molar-refractivity contribution is -0.137. The molecule has 5 nitrogen and oxygen atoms in total. The first-order chi connectivity index (χ1) is 9.24. The molecule has 19 heavy (non-hydrogen) atoms. The summed E-state index contributed by atoms with van der Waals surface area (Å²) in [5.41, 5.74) is 1.72.